The lowest BCUT2D eigenvalue weighted by atomic mass is 10.1. The zero-order valence-electron chi connectivity index (χ0n) is 9.62. The van der Waals surface area contributed by atoms with E-state index in [-0.39, 0.29) is 0 Å². The van der Waals surface area contributed by atoms with Gasteiger partial charge in [-0.05, 0) is 25.5 Å². The minimum atomic E-state index is 0.694. The Balaban J connectivity index is 1.88. The maximum Gasteiger partial charge on any atom is 0.0329 e. The highest BCUT2D eigenvalue weighted by Gasteiger charge is 2.17. The van der Waals surface area contributed by atoms with Crippen LogP contribution in [0.1, 0.15) is 23.1 Å². The third-order valence-corrected chi connectivity index (χ3v) is 3.99. The lowest BCUT2D eigenvalue weighted by Crippen LogP contribution is -2.49. The van der Waals surface area contributed by atoms with Crippen LogP contribution in [0.2, 0.25) is 0 Å². The monoisotopic (exact) mass is 224 g/mol. The first-order chi connectivity index (χ1) is 7.28. The molecule has 2 nitrogen and oxygen atoms in total. The predicted molar refractivity (Wildman–Crippen MR) is 66.4 cm³/mol. The molecule has 1 aliphatic rings. The zero-order chi connectivity index (χ0) is 10.7. The van der Waals surface area contributed by atoms with E-state index in [1.54, 1.807) is 0 Å². The topological polar surface area (TPSA) is 15.3 Å². The average Bonchev–Trinajstić information content (AvgIpc) is 2.64. The average molecular weight is 224 g/mol. The van der Waals surface area contributed by atoms with Crippen molar-refractivity contribution in [2.75, 3.05) is 19.6 Å². The second kappa shape index (κ2) is 5.10. The van der Waals surface area contributed by atoms with Crippen molar-refractivity contribution < 1.29 is 0 Å². The molecule has 1 N–H and O–H groups in total. The van der Waals surface area contributed by atoms with E-state index in [9.17, 15) is 0 Å². The molecule has 15 heavy (non-hydrogen) atoms. The van der Waals surface area contributed by atoms with Gasteiger partial charge in [0, 0.05) is 42.0 Å². The Bertz CT molecular complexity index is 308. The smallest absolute Gasteiger partial charge is 0.0329 e. The van der Waals surface area contributed by atoms with Crippen LogP contribution in [0.25, 0.3) is 0 Å². The van der Waals surface area contributed by atoms with Crippen LogP contribution in [-0.4, -0.2) is 30.6 Å². The van der Waals surface area contributed by atoms with Crippen molar-refractivity contribution >= 4 is 11.3 Å². The molecule has 0 spiro atoms. The van der Waals surface area contributed by atoms with E-state index in [2.05, 4.69) is 36.2 Å². The number of hydrogen-bond acceptors (Lipinski definition) is 3. The van der Waals surface area contributed by atoms with E-state index in [4.69, 9.17) is 0 Å². The minimum Gasteiger partial charge on any atom is -0.311 e. The molecule has 84 valence electrons. The molecule has 0 aromatic carbocycles. The van der Waals surface area contributed by atoms with Crippen molar-refractivity contribution in [2.24, 2.45) is 0 Å². The van der Waals surface area contributed by atoms with Crippen molar-refractivity contribution in [1.82, 2.24) is 10.2 Å². The van der Waals surface area contributed by atoms with E-state index in [0.717, 1.165) is 13.1 Å². The molecule has 3 heteroatoms. The highest BCUT2D eigenvalue weighted by Crippen LogP contribution is 2.18. The lowest BCUT2D eigenvalue weighted by molar-refractivity contribution is 0.191. The van der Waals surface area contributed by atoms with E-state index >= 15 is 0 Å². The number of rotatable bonds is 3. The third-order valence-electron chi connectivity index (χ3n) is 3.01. The Morgan fingerprint density at radius 2 is 2.40 bits per heavy atom. The first-order valence-electron chi connectivity index (χ1n) is 5.79. The number of hydrogen-bond donors (Lipinski definition) is 1. The van der Waals surface area contributed by atoms with Crippen LogP contribution in [0.15, 0.2) is 12.1 Å². The molecule has 0 aliphatic carbocycles. The first-order valence-corrected chi connectivity index (χ1v) is 6.60. The molecule has 1 unspecified atom stereocenters. The fraction of sp³-hybridized carbons (Fsp3) is 0.667. The molecule has 1 atom stereocenters. The lowest BCUT2D eigenvalue weighted by Gasteiger charge is -2.32. The molecule has 0 saturated carbocycles. The highest BCUT2D eigenvalue weighted by atomic mass is 32.1. The predicted octanol–water partition coefficient (Wildman–Crippen LogP) is 2.24. The van der Waals surface area contributed by atoms with Crippen molar-refractivity contribution in [1.29, 1.82) is 0 Å². The first kappa shape index (κ1) is 11.1. The van der Waals surface area contributed by atoms with Gasteiger partial charge in [-0.2, -0.15) is 0 Å². The van der Waals surface area contributed by atoms with Gasteiger partial charge in [0.25, 0.3) is 0 Å². The summed E-state index contributed by atoms with van der Waals surface area (Å²) in [6, 6.07) is 5.18. The number of thiophene rings is 1. The Morgan fingerprint density at radius 3 is 3.07 bits per heavy atom. The third kappa shape index (κ3) is 3.03. The minimum absolute atomic E-state index is 0.694. The summed E-state index contributed by atoms with van der Waals surface area (Å²) in [5, 5.41) is 3.55. The summed E-state index contributed by atoms with van der Waals surface area (Å²) in [5.41, 5.74) is 0. The van der Waals surface area contributed by atoms with Crippen molar-refractivity contribution in [3.63, 3.8) is 0 Å². The highest BCUT2D eigenvalue weighted by molar-refractivity contribution is 7.11. The van der Waals surface area contributed by atoms with Crippen LogP contribution in [0.4, 0.5) is 0 Å². The van der Waals surface area contributed by atoms with Crippen molar-refractivity contribution in [3.8, 4) is 0 Å². The summed E-state index contributed by atoms with van der Waals surface area (Å²) in [6.07, 6.45) is 1.24. The molecule has 1 fully saturated rings. The van der Waals surface area contributed by atoms with Gasteiger partial charge in [0.2, 0.25) is 0 Å². The molecule has 1 saturated heterocycles. The van der Waals surface area contributed by atoms with Crippen LogP contribution in [-0.2, 0) is 6.54 Å². The molecular formula is C12H20N2S. The number of nitrogens with zero attached hydrogens (tertiary/aromatic N) is 1. The fourth-order valence-electron chi connectivity index (χ4n) is 2.10. The molecule has 1 aromatic heterocycles. The van der Waals surface area contributed by atoms with Gasteiger partial charge in [-0.15, -0.1) is 11.3 Å². The normalized spacial score (nSPS) is 23.2. The van der Waals surface area contributed by atoms with Gasteiger partial charge in [-0.25, -0.2) is 0 Å². The van der Waals surface area contributed by atoms with Crippen molar-refractivity contribution in [2.45, 2.75) is 32.9 Å². The number of piperazine rings is 1. The second-order valence-electron chi connectivity index (χ2n) is 4.31. The molecule has 0 radical (unpaired) electrons. The maximum atomic E-state index is 3.55. The summed E-state index contributed by atoms with van der Waals surface area (Å²) < 4.78 is 0. The van der Waals surface area contributed by atoms with Crippen LogP contribution < -0.4 is 5.32 Å². The Kier molecular flexibility index (Phi) is 3.78. The van der Waals surface area contributed by atoms with Crippen molar-refractivity contribution in [3.05, 3.63) is 21.9 Å². The molecule has 1 aliphatic heterocycles. The van der Waals surface area contributed by atoms with Crippen LogP contribution in [0.5, 0.6) is 0 Å². The number of nitrogens with one attached hydrogen (secondary N) is 1. The van der Waals surface area contributed by atoms with E-state index in [1.165, 1.54) is 29.3 Å². The Labute approximate surface area is 96.3 Å². The zero-order valence-corrected chi connectivity index (χ0v) is 10.4. The largest absolute Gasteiger partial charge is 0.311 e. The molecule has 2 rings (SSSR count). The Hall–Kier alpha value is -0.380. The summed E-state index contributed by atoms with van der Waals surface area (Å²) in [5.74, 6) is 0. The summed E-state index contributed by atoms with van der Waals surface area (Å²) >= 11 is 1.93. The van der Waals surface area contributed by atoms with Gasteiger partial charge in [0.05, 0.1) is 0 Å². The van der Waals surface area contributed by atoms with Gasteiger partial charge in [0.1, 0.15) is 0 Å². The second-order valence-corrected chi connectivity index (χ2v) is 5.68. The maximum absolute atomic E-state index is 3.55. The van der Waals surface area contributed by atoms with Gasteiger partial charge in [-0.1, -0.05) is 6.92 Å². The number of aryl methyl sites for hydroxylation is 1. The summed E-state index contributed by atoms with van der Waals surface area (Å²) in [4.78, 5) is 5.49. The standard InChI is InChI=1S/C12H20N2S/c1-3-11-8-14(7-6-13-11)9-12-5-4-10(2)15-12/h4-5,11,13H,3,6-9H2,1-2H3. The summed E-state index contributed by atoms with van der Waals surface area (Å²) in [7, 11) is 0. The Morgan fingerprint density at radius 1 is 1.53 bits per heavy atom. The molecule has 1 aromatic rings. The van der Waals surface area contributed by atoms with E-state index < -0.39 is 0 Å². The fourth-order valence-corrected chi connectivity index (χ4v) is 3.03. The van der Waals surface area contributed by atoms with E-state index in [0.29, 0.717) is 6.04 Å². The van der Waals surface area contributed by atoms with Crippen LogP contribution in [0, 0.1) is 6.92 Å². The molecule has 0 bridgehead atoms. The van der Waals surface area contributed by atoms with E-state index in [1.807, 2.05) is 11.3 Å². The van der Waals surface area contributed by atoms with Gasteiger partial charge in [-0.3, -0.25) is 4.90 Å². The van der Waals surface area contributed by atoms with Crippen LogP contribution >= 0.6 is 11.3 Å². The van der Waals surface area contributed by atoms with Crippen LogP contribution in [0.3, 0.4) is 0 Å². The molecule has 0 amide bonds. The summed E-state index contributed by atoms with van der Waals surface area (Å²) in [6.45, 7) is 9.11. The van der Waals surface area contributed by atoms with Gasteiger partial charge >= 0.3 is 0 Å². The SMILES string of the molecule is CCC1CN(Cc2ccc(C)s2)CCN1. The quantitative estimate of drug-likeness (QED) is 0.847. The molecule has 2 heterocycles. The van der Waals surface area contributed by atoms with Gasteiger partial charge in [0.15, 0.2) is 0 Å². The molecular weight excluding hydrogens is 204 g/mol. The van der Waals surface area contributed by atoms with Gasteiger partial charge < -0.3 is 5.32 Å².